The minimum Gasteiger partial charge on any atom is -0.298 e. The third-order valence-corrected chi connectivity index (χ3v) is 3.90. The van der Waals surface area contributed by atoms with E-state index >= 15 is 0 Å². The fraction of sp³-hybridized carbons (Fsp3) is 0.143. The lowest BCUT2D eigenvalue weighted by Gasteiger charge is -2.03. The summed E-state index contributed by atoms with van der Waals surface area (Å²) >= 11 is 7.49. The first-order chi connectivity index (χ1) is 8.75. The molecule has 4 heteroatoms. The van der Waals surface area contributed by atoms with E-state index in [4.69, 9.17) is 11.6 Å². The third-order valence-electron chi connectivity index (χ3n) is 2.33. The van der Waals surface area contributed by atoms with Crippen LogP contribution in [-0.4, -0.2) is 16.5 Å². The standard InChI is InChI=1S/C14H12ClNOS/c15-13-6-1-2-7-14(13)18-10-12(17)9-11-5-3-4-8-16-11/h1-8H,9-10H2. The lowest BCUT2D eigenvalue weighted by molar-refractivity contribution is -0.116. The van der Waals surface area contributed by atoms with E-state index in [9.17, 15) is 4.79 Å². The number of aromatic nitrogens is 1. The van der Waals surface area contributed by atoms with Gasteiger partial charge < -0.3 is 0 Å². The van der Waals surface area contributed by atoms with Crippen LogP contribution >= 0.6 is 23.4 Å². The van der Waals surface area contributed by atoms with Gasteiger partial charge >= 0.3 is 0 Å². The Morgan fingerprint density at radius 3 is 2.67 bits per heavy atom. The maximum atomic E-state index is 11.8. The number of hydrogen-bond donors (Lipinski definition) is 0. The lowest BCUT2D eigenvalue weighted by Crippen LogP contribution is -2.06. The van der Waals surface area contributed by atoms with Crippen molar-refractivity contribution < 1.29 is 4.79 Å². The van der Waals surface area contributed by atoms with E-state index in [1.54, 1.807) is 6.20 Å². The smallest absolute Gasteiger partial charge is 0.149 e. The van der Waals surface area contributed by atoms with Crippen molar-refractivity contribution in [1.29, 1.82) is 0 Å². The fourth-order valence-electron chi connectivity index (χ4n) is 1.48. The zero-order valence-corrected chi connectivity index (χ0v) is 11.2. The summed E-state index contributed by atoms with van der Waals surface area (Å²) in [5.41, 5.74) is 0.808. The van der Waals surface area contributed by atoms with Crippen molar-refractivity contribution in [3.05, 3.63) is 59.4 Å². The van der Waals surface area contributed by atoms with Gasteiger partial charge in [0, 0.05) is 23.2 Å². The molecule has 0 N–H and O–H groups in total. The quantitative estimate of drug-likeness (QED) is 0.782. The normalized spacial score (nSPS) is 10.3. The van der Waals surface area contributed by atoms with Crippen molar-refractivity contribution in [2.24, 2.45) is 0 Å². The Morgan fingerprint density at radius 2 is 1.94 bits per heavy atom. The van der Waals surface area contributed by atoms with Crippen LogP contribution in [0.25, 0.3) is 0 Å². The van der Waals surface area contributed by atoms with E-state index in [0.717, 1.165) is 10.6 Å². The summed E-state index contributed by atoms with van der Waals surface area (Å²) in [6.45, 7) is 0. The van der Waals surface area contributed by atoms with Gasteiger partial charge in [0.1, 0.15) is 5.78 Å². The molecule has 0 bridgehead atoms. The number of carbonyl (C=O) groups excluding carboxylic acids is 1. The molecule has 1 aromatic carbocycles. The summed E-state index contributed by atoms with van der Waals surface area (Å²) in [6.07, 6.45) is 2.07. The van der Waals surface area contributed by atoms with Crippen molar-refractivity contribution in [3.63, 3.8) is 0 Å². The Bertz CT molecular complexity index is 530. The molecule has 2 rings (SSSR count). The highest BCUT2D eigenvalue weighted by molar-refractivity contribution is 8.00. The Labute approximate surface area is 115 Å². The van der Waals surface area contributed by atoms with E-state index in [0.29, 0.717) is 17.2 Å². The summed E-state index contributed by atoms with van der Waals surface area (Å²) in [6, 6.07) is 13.1. The van der Waals surface area contributed by atoms with Gasteiger partial charge in [-0.05, 0) is 24.3 Å². The maximum Gasteiger partial charge on any atom is 0.149 e. The molecule has 0 atom stereocenters. The molecule has 2 aromatic rings. The van der Waals surface area contributed by atoms with E-state index in [1.165, 1.54) is 11.8 Å². The van der Waals surface area contributed by atoms with E-state index in [1.807, 2.05) is 42.5 Å². The summed E-state index contributed by atoms with van der Waals surface area (Å²) in [5.74, 6) is 0.568. The molecule has 0 spiro atoms. The predicted molar refractivity (Wildman–Crippen MR) is 75.1 cm³/mol. The van der Waals surface area contributed by atoms with Crippen LogP contribution in [-0.2, 0) is 11.2 Å². The van der Waals surface area contributed by atoms with Crippen LogP contribution in [0.2, 0.25) is 5.02 Å². The second-order valence-electron chi connectivity index (χ2n) is 3.76. The van der Waals surface area contributed by atoms with Gasteiger partial charge in [0.15, 0.2) is 0 Å². The summed E-state index contributed by atoms with van der Waals surface area (Å²) in [5, 5.41) is 0.688. The monoisotopic (exact) mass is 277 g/mol. The van der Waals surface area contributed by atoms with Crippen molar-refractivity contribution in [1.82, 2.24) is 4.98 Å². The van der Waals surface area contributed by atoms with Gasteiger partial charge in [-0.3, -0.25) is 9.78 Å². The van der Waals surface area contributed by atoms with E-state index < -0.39 is 0 Å². The Balaban J connectivity index is 1.88. The SMILES string of the molecule is O=C(CSc1ccccc1Cl)Cc1ccccn1. The van der Waals surface area contributed by atoms with Gasteiger partial charge in [0.2, 0.25) is 0 Å². The van der Waals surface area contributed by atoms with Crippen LogP contribution in [0, 0.1) is 0 Å². The van der Waals surface area contributed by atoms with Gasteiger partial charge in [-0.25, -0.2) is 0 Å². The first-order valence-corrected chi connectivity index (χ1v) is 6.91. The minimum absolute atomic E-state index is 0.151. The number of benzene rings is 1. The number of carbonyl (C=O) groups is 1. The zero-order valence-electron chi connectivity index (χ0n) is 9.67. The summed E-state index contributed by atoms with van der Waals surface area (Å²) in [4.78, 5) is 16.9. The average Bonchev–Trinajstić information content (AvgIpc) is 2.39. The van der Waals surface area contributed by atoms with Crippen molar-refractivity contribution in [2.75, 3.05) is 5.75 Å². The van der Waals surface area contributed by atoms with E-state index in [-0.39, 0.29) is 5.78 Å². The topological polar surface area (TPSA) is 30.0 Å². The minimum atomic E-state index is 0.151. The molecule has 18 heavy (non-hydrogen) atoms. The molecule has 0 aliphatic heterocycles. The Morgan fingerprint density at radius 1 is 1.17 bits per heavy atom. The second-order valence-corrected chi connectivity index (χ2v) is 5.18. The molecular weight excluding hydrogens is 266 g/mol. The molecule has 0 fully saturated rings. The predicted octanol–water partition coefficient (Wildman–Crippen LogP) is 3.64. The highest BCUT2D eigenvalue weighted by Crippen LogP contribution is 2.26. The van der Waals surface area contributed by atoms with Crippen LogP contribution in [0.5, 0.6) is 0 Å². The summed E-state index contributed by atoms with van der Waals surface area (Å²) < 4.78 is 0. The molecule has 2 nitrogen and oxygen atoms in total. The fourth-order valence-corrected chi connectivity index (χ4v) is 2.57. The number of pyridine rings is 1. The van der Waals surface area contributed by atoms with Gasteiger partial charge in [-0.1, -0.05) is 29.8 Å². The molecule has 0 aliphatic rings. The Kier molecular flexibility index (Phi) is 4.79. The van der Waals surface area contributed by atoms with Gasteiger partial charge in [0.25, 0.3) is 0 Å². The third kappa shape index (κ3) is 3.86. The molecule has 0 saturated heterocycles. The highest BCUT2D eigenvalue weighted by atomic mass is 35.5. The molecular formula is C14H12ClNOS. The molecule has 1 aromatic heterocycles. The molecule has 0 saturated carbocycles. The largest absolute Gasteiger partial charge is 0.298 e. The number of thioether (sulfide) groups is 1. The molecule has 1 heterocycles. The van der Waals surface area contributed by atoms with Crippen LogP contribution in [0.4, 0.5) is 0 Å². The first-order valence-electron chi connectivity index (χ1n) is 5.54. The van der Waals surface area contributed by atoms with Crippen LogP contribution in [0.3, 0.4) is 0 Å². The number of rotatable bonds is 5. The average molecular weight is 278 g/mol. The second kappa shape index (κ2) is 6.57. The highest BCUT2D eigenvalue weighted by Gasteiger charge is 2.07. The molecule has 0 amide bonds. The lowest BCUT2D eigenvalue weighted by atomic mass is 10.2. The zero-order chi connectivity index (χ0) is 12.8. The molecule has 0 aliphatic carbocycles. The maximum absolute atomic E-state index is 11.8. The van der Waals surface area contributed by atoms with Crippen LogP contribution < -0.4 is 0 Å². The number of Topliss-reactive ketones (excluding diaryl/α,β-unsaturated/α-hetero) is 1. The number of ketones is 1. The number of hydrogen-bond acceptors (Lipinski definition) is 3. The van der Waals surface area contributed by atoms with Crippen molar-refractivity contribution in [2.45, 2.75) is 11.3 Å². The number of nitrogens with zero attached hydrogens (tertiary/aromatic N) is 1. The molecule has 0 unspecified atom stereocenters. The number of halogens is 1. The van der Waals surface area contributed by atoms with Gasteiger partial charge in [0.05, 0.1) is 10.8 Å². The van der Waals surface area contributed by atoms with Gasteiger partial charge in [-0.15, -0.1) is 11.8 Å². The van der Waals surface area contributed by atoms with Crippen molar-refractivity contribution in [3.8, 4) is 0 Å². The molecule has 92 valence electrons. The summed E-state index contributed by atoms with van der Waals surface area (Å²) in [7, 11) is 0. The van der Waals surface area contributed by atoms with E-state index in [2.05, 4.69) is 4.98 Å². The first kappa shape index (κ1) is 13.1. The van der Waals surface area contributed by atoms with Crippen LogP contribution in [0.1, 0.15) is 5.69 Å². The Hall–Kier alpha value is -1.32. The molecule has 0 radical (unpaired) electrons. The van der Waals surface area contributed by atoms with Crippen molar-refractivity contribution >= 4 is 29.1 Å². The van der Waals surface area contributed by atoms with Gasteiger partial charge in [-0.2, -0.15) is 0 Å². The van der Waals surface area contributed by atoms with Crippen LogP contribution in [0.15, 0.2) is 53.6 Å².